The third-order valence-corrected chi connectivity index (χ3v) is 9.42. The lowest BCUT2D eigenvalue weighted by atomic mass is 10.1. The average molecular weight is 641 g/mol. The first kappa shape index (κ1) is 43.9. The van der Waals surface area contributed by atoms with Crippen molar-refractivity contribution in [2.24, 2.45) is 0 Å². The molecule has 6 heteroatoms. The Kier molecular flexibility index (Phi) is 29.4. The maximum Gasteiger partial charge on any atom is 0.305 e. The number of esters is 2. The van der Waals surface area contributed by atoms with Gasteiger partial charge in [0.05, 0.1) is 41.3 Å². The van der Waals surface area contributed by atoms with E-state index in [1.807, 2.05) is 0 Å². The van der Waals surface area contributed by atoms with Crippen molar-refractivity contribution in [3.63, 3.8) is 0 Å². The molecular formula is C39H80N2O4+2. The van der Waals surface area contributed by atoms with Gasteiger partial charge in [-0.25, -0.2) is 0 Å². The fourth-order valence-electron chi connectivity index (χ4n) is 5.95. The van der Waals surface area contributed by atoms with Crippen LogP contribution in [0.25, 0.3) is 0 Å². The third kappa shape index (κ3) is 32.6. The van der Waals surface area contributed by atoms with Gasteiger partial charge >= 0.3 is 11.9 Å². The summed E-state index contributed by atoms with van der Waals surface area (Å²) in [5.74, 6) is -0.224. The number of likely N-dealkylation sites (N-methyl/N-ethyl adjacent to an activating group) is 2. The van der Waals surface area contributed by atoms with E-state index < -0.39 is 0 Å². The standard InChI is InChI=1S/C39H80N2O4/c1-7-9-11-13-15-17-19-21-23-28-32-40(3,4)34-36-44-38(42)30-26-25-27-31-39(43)45-37-35-41(5,6)33-29-24-22-20-18-16-14-12-10-8-2/h7-37H2,1-6H3/q+2. The van der Waals surface area contributed by atoms with Crippen molar-refractivity contribution >= 4 is 11.9 Å². The number of rotatable bonds is 34. The summed E-state index contributed by atoms with van der Waals surface area (Å²) in [6.07, 6.45) is 30.4. The average Bonchev–Trinajstić information content (AvgIpc) is 2.98. The molecule has 268 valence electrons. The quantitative estimate of drug-likeness (QED) is 0.0399. The van der Waals surface area contributed by atoms with Crippen LogP contribution in [0.1, 0.15) is 174 Å². The Bertz CT molecular complexity index is 624. The van der Waals surface area contributed by atoms with Gasteiger partial charge in [0.2, 0.25) is 0 Å². The highest BCUT2D eigenvalue weighted by molar-refractivity contribution is 5.69. The molecule has 0 aliphatic rings. The molecule has 0 aromatic rings. The molecule has 0 amide bonds. The highest BCUT2D eigenvalue weighted by atomic mass is 16.5. The predicted octanol–water partition coefficient (Wildman–Crippen LogP) is 10.0. The van der Waals surface area contributed by atoms with E-state index in [0.717, 1.165) is 54.4 Å². The second-order valence-corrected chi connectivity index (χ2v) is 15.1. The van der Waals surface area contributed by atoms with E-state index in [2.05, 4.69) is 42.0 Å². The van der Waals surface area contributed by atoms with Gasteiger partial charge < -0.3 is 18.4 Å². The van der Waals surface area contributed by atoms with E-state index in [0.29, 0.717) is 26.1 Å². The lowest BCUT2D eigenvalue weighted by molar-refractivity contribution is -0.890. The van der Waals surface area contributed by atoms with Crippen LogP contribution in [0.5, 0.6) is 0 Å². The van der Waals surface area contributed by atoms with Crippen LogP contribution < -0.4 is 0 Å². The minimum absolute atomic E-state index is 0.112. The van der Waals surface area contributed by atoms with Gasteiger partial charge in [0, 0.05) is 12.8 Å². The van der Waals surface area contributed by atoms with Crippen LogP contribution in [0.4, 0.5) is 0 Å². The topological polar surface area (TPSA) is 52.6 Å². The molecule has 0 radical (unpaired) electrons. The smallest absolute Gasteiger partial charge is 0.305 e. The zero-order valence-electron chi connectivity index (χ0n) is 31.4. The van der Waals surface area contributed by atoms with Gasteiger partial charge in [-0.2, -0.15) is 0 Å². The van der Waals surface area contributed by atoms with E-state index in [1.165, 1.54) is 128 Å². The van der Waals surface area contributed by atoms with Crippen LogP contribution in [0.3, 0.4) is 0 Å². The van der Waals surface area contributed by atoms with Gasteiger partial charge in [0.25, 0.3) is 0 Å². The van der Waals surface area contributed by atoms with Crippen LogP contribution in [0.15, 0.2) is 0 Å². The SMILES string of the molecule is CCCCCCCCCCCC[N+](C)(C)CCOC(=O)CCCCCC(=O)OCC[N+](C)(C)CCCCCCCCCCCC. The first-order valence-corrected chi connectivity index (χ1v) is 19.6. The van der Waals surface area contributed by atoms with Crippen molar-refractivity contribution in [1.82, 2.24) is 0 Å². The first-order valence-electron chi connectivity index (χ1n) is 19.6. The Balaban J connectivity index is 3.65. The van der Waals surface area contributed by atoms with E-state index in [1.54, 1.807) is 0 Å². The molecule has 45 heavy (non-hydrogen) atoms. The molecule has 0 N–H and O–H groups in total. The Hall–Kier alpha value is -1.14. The summed E-state index contributed by atoms with van der Waals surface area (Å²) < 4.78 is 12.8. The van der Waals surface area contributed by atoms with Crippen LogP contribution in [-0.2, 0) is 19.1 Å². The Morgan fingerprint density at radius 2 is 0.644 bits per heavy atom. The molecule has 0 aliphatic heterocycles. The van der Waals surface area contributed by atoms with Crippen LogP contribution >= 0.6 is 0 Å². The van der Waals surface area contributed by atoms with E-state index in [9.17, 15) is 9.59 Å². The normalized spacial score (nSPS) is 12.0. The Morgan fingerprint density at radius 1 is 0.378 bits per heavy atom. The van der Waals surface area contributed by atoms with Gasteiger partial charge in [-0.15, -0.1) is 0 Å². The van der Waals surface area contributed by atoms with Crippen molar-refractivity contribution in [3.8, 4) is 0 Å². The number of quaternary nitrogens is 2. The molecule has 0 aliphatic carbocycles. The van der Waals surface area contributed by atoms with Gasteiger partial charge in [0.1, 0.15) is 26.3 Å². The van der Waals surface area contributed by atoms with Gasteiger partial charge in [-0.1, -0.05) is 123 Å². The minimum atomic E-state index is -0.112. The largest absolute Gasteiger partial charge is 0.460 e. The van der Waals surface area contributed by atoms with E-state index >= 15 is 0 Å². The molecule has 0 saturated carbocycles. The number of hydrogen-bond donors (Lipinski definition) is 0. The maximum atomic E-state index is 12.2. The van der Waals surface area contributed by atoms with E-state index in [-0.39, 0.29) is 11.9 Å². The second kappa shape index (κ2) is 30.2. The molecule has 0 bridgehead atoms. The van der Waals surface area contributed by atoms with Crippen molar-refractivity contribution in [2.75, 3.05) is 67.6 Å². The molecule has 0 fully saturated rings. The summed E-state index contributed by atoms with van der Waals surface area (Å²) in [7, 11) is 8.94. The Morgan fingerprint density at radius 3 is 0.956 bits per heavy atom. The highest BCUT2D eigenvalue weighted by Gasteiger charge is 2.17. The summed E-state index contributed by atoms with van der Waals surface area (Å²) >= 11 is 0. The molecule has 0 spiro atoms. The fraction of sp³-hybridized carbons (Fsp3) is 0.949. The van der Waals surface area contributed by atoms with Crippen molar-refractivity contribution in [1.29, 1.82) is 0 Å². The van der Waals surface area contributed by atoms with Crippen LogP contribution in [0, 0.1) is 0 Å². The molecule has 6 nitrogen and oxygen atoms in total. The summed E-state index contributed by atoms with van der Waals surface area (Å²) in [4.78, 5) is 24.3. The number of carbonyl (C=O) groups is 2. The predicted molar refractivity (Wildman–Crippen MR) is 192 cm³/mol. The van der Waals surface area contributed by atoms with E-state index in [4.69, 9.17) is 9.47 Å². The lowest BCUT2D eigenvalue weighted by Crippen LogP contribution is -2.43. The van der Waals surface area contributed by atoms with Gasteiger partial charge in [0.15, 0.2) is 0 Å². The van der Waals surface area contributed by atoms with Crippen molar-refractivity contribution < 1.29 is 28.0 Å². The fourth-order valence-corrected chi connectivity index (χ4v) is 5.95. The lowest BCUT2D eigenvalue weighted by Gasteiger charge is -2.29. The zero-order valence-corrected chi connectivity index (χ0v) is 31.4. The second-order valence-electron chi connectivity index (χ2n) is 15.1. The number of unbranched alkanes of at least 4 members (excludes halogenated alkanes) is 20. The molecule has 0 unspecified atom stereocenters. The third-order valence-electron chi connectivity index (χ3n) is 9.42. The summed E-state index contributed by atoms with van der Waals surface area (Å²) in [6.45, 7) is 9.53. The van der Waals surface area contributed by atoms with Crippen LogP contribution in [0.2, 0.25) is 0 Å². The Labute approximate surface area is 281 Å². The molecule has 0 rings (SSSR count). The molecule has 0 heterocycles. The number of hydrogen-bond acceptors (Lipinski definition) is 4. The van der Waals surface area contributed by atoms with Crippen molar-refractivity contribution in [2.45, 2.75) is 174 Å². The molecule has 0 aromatic heterocycles. The summed E-state index contributed by atoms with van der Waals surface area (Å²) in [6, 6.07) is 0. The van der Waals surface area contributed by atoms with Gasteiger partial charge in [-0.05, 0) is 38.5 Å². The molecular weight excluding hydrogens is 560 g/mol. The monoisotopic (exact) mass is 641 g/mol. The summed E-state index contributed by atoms with van der Waals surface area (Å²) in [5.41, 5.74) is 0. The highest BCUT2D eigenvalue weighted by Crippen LogP contribution is 2.13. The maximum absolute atomic E-state index is 12.2. The zero-order chi connectivity index (χ0) is 33.5. The molecule has 0 atom stereocenters. The van der Waals surface area contributed by atoms with Gasteiger partial charge in [-0.3, -0.25) is 9.59 Å². The summed E-state index contributed by atoms with van der Waals surface area (Å²) in [5, 5.41) is 0. The van der Waals surface area contributed by atoms with Crippen molar-refractivity contribution in [3.05, 3.63) is 0 Å². The minimum Gasteiger partial charge on any atom is -0.460 e. The molecule has 0 saturated heterocycles. The van der Waals surface area contributed by atoms with Crippen LogP contribution in [-0.4, -0.2) is 88.5 Å². The number of ether oxygens (including phenoxy) is 2. The number of carbonyl (C=O) groups excluding carboxylic acids is 2. The first-order chi connectivity index (χ1) is 21.6. The molecule has 0 aromatic carbocycles. The number of nitrogens with zero attached hydrogens (tertiary/aromatic N) is 2.